The number of carbonyl (C=O) groups is 6. The monoisotopic (exact) mass is 1150 g/mol. The Morgan fingerprint density at radius 2 is 1.24 bits per heavy atom. The van der Waals surface area contributed by atoms with Crippen LogP contribution in [0.25, 0.3) is 0 Å². The zero-order valence-electron chi connectivity index (χ0n) is 49.9. The smallest absolute Gasteiger partial charge is 0.410 e. The minimum Gasteiger partial charge on any atom is -0.466 e. The number of likely N-dealkylation sites (N-methyl/N-ethyl adjacent to an activating group) is 1. The van der Waals surface area contributed by atoms with Crippen LogP contribution >= 0.6 is 0 Å². The average molecular weight is 1150 g/mol. The zero-order chi connectivity index (χ0) is 60.7. The summed E-state index contributed by atoms with van der Waals surface area (Å²) in [6, 6.07) is -5.13. The minimum absolute atomic E-state index is 0.0350. The van der Waals surface area contributed by atoms with Crippen LogP contribution in [0.15, 0.2) is 11.8 Å². The van der Waals surface area contributed by atoms with Crippen molar-refractivity contribution in [3.05, 3.63) is 11.8 Å². The van der Waals surface area contributed by atoms with Crippen molar-refractivity contribution in [2.75, 3.05) is 39.8 Å². The van der Waals surface area contributed by atoms with Crippen molar-refractivity contribution >= 4 is 36.2 Å². The van der Waals surface area contributed by atoms with Crippen molar-refractivity contribution in [1.29, 1.82) is 0 Å². The van der Waals surface area contributed by atoms with Crippen molar-refractivity contribution in [1.82, 2.24) is 31.1 Å². The first kappa shape index (κ1) is 67.7. The van der Waals surface area contributed by atoms with Crippen LogP contribution < -0.4 is 21.3 Å². The van der Waals surface area contributed by atoms with Gasteiger partial charge in [0, 0.05) is 39.0 Å². The Labute approximate surface area is 470 Å². The SMILES string of the molecule is CN(C(=O)OC(C)(C)C)[C@@H]1[C@@H](O)[C@@H](O[C@@H]2[C@@H](O)[C@H](O[C@H]3OC(CNCC(O)CCCC(=O)OC(C)(C)C)=CC[C@H]3NC(=O)OC(C)(C)C)[C@@H](NC(=O)OC(C)(C)C)C[C@H]2NC(=O)C(O)C2CN(C(=O)OC(C)(C)C)C2)OC[C@]1(C)O. The maximum atomic E-state index is 14.2. The lowest BCUT2D eigenvalue weighted by molar-refractivity contribution is -0.311. The van der Waals surface area contributed by atoms with Gasteiger partial charge in [-0.3, -0.25) is 9.59 Å². The number of likely N-dealkylation sites (tertiary alicyclic amines) is 1. The van der Waals surface area contributed by atoms with E-state index in [9.17, 15) is 54.3 Å². The molecule has 0 spiro atoms. The molecule has 1 saturated carbocycles. The van der Waals surface area contributed by atoms with Crippen LogP contribution in [0.2, 0.25) is 0 Å². The fourth-order valence-corrected chi connectivity index (χ4v) is 9.25. The summed E-state index contributed by atoms with van der Waals surface area (Å²) in [5, 5.41) is 69.9. The number of alkyl carbamates (subject to hydrolysis) is 2. The van der Waals surface area contributed by atoms with Crippen molar-refractivity contribution < 1.29 is 96.9 Å². The number of hydrogen-bond donors (Lipinski definition) is 9. The van der Waals surface area contributed by atoms with Gasteiger partial charge in [-0.1, -0.05) is 0 Å². The topological polar surface area (TPSA) is 341 Å². The Morgan fingerprint density at radius 1 is 0.725 bits per heavy atom. The maximum absolute atomic E-state index is 14.2. The van der Waals surface area contributed by atoms with Crippen LogP contribution in [0.5, 0.6) is 0 Å². The first-order valence-electron chi connectivity index (χ1n) is 27.4. The molecule has 460 valence electrons. The van der Waals surface area contributed by atoms with E-state index in [1.54, 1.807) is 110 Å². The number of aliphatic hydroxyl groups is 5. The van der Waals surface area contributed by atoms with Crippen LogP contribution in [0, 0.1) is 5.92 Å². The van der Waals surface area contributed by atoms with Crippen LogP contribution in [0.3, 0.4) is 0 Å². The number of aliphatic hydroxyl groups excluding tert-OH is 4. The number of nitrogens with one attached hydrogen (secondary N) is 4. The van der Waals surface area contributed by atoms with E-state index < -0.39 is 150 Å². The van der Waals surface area contributed by atoms with Gasteiger partial charge in [-0.2, -0.15) is 0 Å². The molecule has 0 aromatic carbocycles. The Kier molecular flexibility index (Phi) is 22.9. The van der Waals surface area contributed by atoms with Crippen LogP contribution in [0.4, 0.5) is 19.2 Å². The second-order valence-electron chi connectivity index (χ2n) is 26.4. The summed E-state index contributed by atoms with van der Waals surface area (Å²) in [5.74, 6) is -1.80. The zero-order valence-corrected chi connectivity index (χ0v) is 49.9. The summed E-state index contributed by atoms with van der Waals surface area (Å²) in [4.78, 5) is 82.0. The van der Waals surface area contributed by atoms with E-state index >= 15 is 0 Å². The summed E-state index contributed by atoms with van der Waals surface area (Å²) in [5.41, 5.74) is -6.27. The molecule has 26 nitrogen and oxygen atoms in total. The van der Waals surface area contributed by atoms with Gasteiger partial charge in [0.1, 0.15) is 69.9 Å². The molecular formula is C54H94N6O20. The highest BCUT2D eigenvalue weighted by molar-refractivity contribution is 5.82. The molecule has 1 aliphatic carbocycles. The number of nitrogens with zero attached hydrogens (tertiary/aromatic N) is 2. The van der Waals surface area contributed by atoms with Gasteiger partial charge in [0.25, 0.3) is 0 Å². The first-order valence-corrected chi connectivity index (χ1v) is 27.4. The molecule has 3 aliphatic heterocycles. The average Bonchev–Trinajstić information content (AvgIpc) is 3.23. The summed E-state index contributed by atoms with van der Waals surface area (Å²) >= 11 is 0. The van der Waals surface area contributed by atoms with Gasteiger partial charge in [-0.25, -0.2) is 19.2 Å². The van der Waals surface area contributed by atoms with E-state index in [2.05, 4.69) is 21.3 Å². The molecule has 26 heteroatoms. The maximum Gasteiger partial charge on any atom is 0.410 e. The van der Waals surface area contributed by atoms with Gasteiger partial charge in [0.2, 0.25) is 12.2 Å². The van der Waals surface area contributed by atoms with E-state index in [-0.39, 0.29) is 57.8 Å². The van der Waals surface area contributed by atoms with Crippen LogP contribution in [-0.2, 0) is 52.2 Å². The van der Waals surface area contributed by atoms with Crippen molar-refractivity contribution in [3.63, 3.8) is 0 Å². The molecule has 80 heavy (non-hydrogen) atoms. The number of amides is 5. The third-order valence-electron chi connectivity index (χ3n) is 12.7. The van der Waals surface area contributed by atoms with Gasteiger partial charge in [0.05, 0.1) is 43.4 Å². The van der Waals surface area contributed by atoms with Crippen molar-refractivity contribution in [3.8, 4) is 0 Å². The Hall–Kier alpha value is -4.80. The lowest BCUT2D eigenvalue weighted by Crippen LogP contribution is -2.71. The lowest BCUT2D eigenvalue weighted by atomic mass is 9.82. The second-order valence-corrected chi connectivity index (χ2v) is 26.4. The summed E-state index contributed by atoms with van der Waals surface area (Å²) in [6.45, 7) is 26.1. The Bertz CT molecular complexity index is 2140. The van der Waals surface area contributed by atoms with Gasteiger partial charge in [-0.05, 0) is 143 Å². The fourth-order valence-electron chi connectivity index (χ4n) is 9.25. The van der Waals surface area contributed by atoms with Gasteiger partial charge < -0.3 is 99.2 Å². The van der Waals surface area contributed by atoms with E-state index in [1.807, 2.05) is 0 Å². The fraction of sp³-hybridized carbons (Fsp3) is 0.852. The highest BCUT2D eigenvalue weighted by atomic mass is 16.7. The molecule has 13 atom stereocenters. The number of carbonyl (C=O) groups excluding carboxylic acids is 6. The molecule has 0 radical (unpaired) electrons. The Morgan fingerprint density at radius 3 is 1.77 bits per heavy atom. The molecule has 3 heterocycles. The molecular weight excluding hydrogens is 1050 g/mol. The van der Waals surface area contributed by atoms with Gasteiger partial charge in [0.15, 0.2) is 6.29 Å². The van der Waals surface area contributed by atoms with Crippen LogP contribution in [0.1, 0.15) is 143 Å². The predicted octanol–water partition coefficient (Wildman–Crippen LogP) is 2.82. The van der Waals surface area contributed by atoms with E-state index in [0.29, 0.717) is 12.2 Å². The van der Waals surface area contributed by atoms with E-state index in [0.717, 1.165) is 4.90 Å². The standard InChI is InChI=1S/C54H94N6O20/c1-49(2,3)76-35(62)20-18-19-30(61)24-55-25-31-21-22-32(57-45(67)77-50(4,5)6)43(73-31)74-40-34(58-46(68)78-51(7,8)9)23-33(56-42(66)36(63)29-26-60(27-29)48(70)80-53(13,14)15)39(37(40)64)75-44-38(65)41(54(16,71)28-72-44)59(17)47(69)79-52(10,11)12/h21,29-30,32-34,36-41,43-44,55,61,63-65,71H,18-20,22-28H2,1-17H3,(H,56,66)(H,57,67)(H,58,68)/t30?,32-,33-,34+,36?,37-,38-,39+,40-,41-,43-,44-,54+/m1/s1. The molecule has 4 rings (SSSR count). The number of ether oxygens (including phenoxy) is 9. The number of esters is 1. The number of hydrogen-bond acceptors (Lipinski definition) is 21. The summed E-state index contributed by atoms with van der Waals surface area (Å²) in [7, 11) is 1.31. The van der Waals surface area contributed by atoms with Gasteiger partial charge in [-0.15, -0.1) is 0 Å². The van der Waals surface area contributed by atoms with Crippen LogP contribution in [-0.4, -0.2) is 218 Å². The van der Waals surface area contributed by atoms with Gasteiger partial charge >= 0.3 is 30.3 Å². The molecule has 5 amide bonds. The number of rotatable bonds is 18. The molecule has 2 saturated heterocycles. The van der Waals surface area contributed by atoms with E-state index in [4.69, 9.17) is 42.6 Å². The molecule has 0 aromatic rings. The lowest BCUT2D eigenvalue weighted by Gasteiger charge is -2.50. The van der Waals surface area contributed by atoms with Crippen molar-refractivity contribution in [2.45, 2.75) is 250 Å². The first-order chi connectivity index (χ1) is 36.5. The normalized spacial score (nSPS) is 28.6. The summed E-state index contributed by atoms with van der Waals surface area (Å²) in [6.07, 6.45) is -14.0. The quantitative estimate of drug-likeness (QED) is 0.0704. The minimum atomic E-state index is -1.94. The largest absolute Gasteiger partial charge is 0.466 e. The predicted molar refractivity (Wildman–Crippen MR) is 286 cm³/mol. The third-order valence-corrected chi connectivity index (χ3v) is 12.7. The van der Waals surface area contributed by atoms with E-state index in [1.165, 1.54) is 18.9 Å². The molecule has 4 aliphatic rings. The Balaban J connectivity index is 1.71. The third kappa shape index (κ3) is 21.5. The summed E-state index contributed by atoms with van der Waals surface area (Å²) < 4.78 is 53.0. The molecule has 9 N–H and O–H groups in total. The molecule has 0 bridgehead atoms. The highest BCUT2D eigenvalue weighted by Gasteiger charge is 2.55. The molecule has 3 fully saturated rings. The molecule has 0 aromatic heterocycles. The molecule has 2 unspecified atom stereocenters. The highest BCUT2D eigenvalue weighted by Crippen LogP contribution is 2.35. The second kappa shape index (κ2) is 27.1. The van der Waals surface area contributed by atoms with Crippen molar-refractivity contribution in [2.24, 2.45) is 5.92 Å².